The van der Waals surface area contributed by atoms with Crippen molar-refractivity contribution in [3.8, 4) is 0 Å². The number of likely N-dealkylation sites (N-methyl/N-ethyl adjacent to an activating group) is 1. The molecule has 2 fully saturated rings. The van der Waals surface area contributed by atoms with Gasteiger partial charge < -0.3 is 25.2 Å². The molecule has 9 heteroatoms. The Morgan fingerprint density at radius 1 is 1.06 bits per heavy atom. The molecule has 0 spiro atoms. The van der Waals surface area contributed by atoms with Crippen LogP contribution in [0.15, 0.2) is 29.3 Å². The SMILES string of the molecule is CCNC(=NCC(c1ccc(F)cc1)N1CCOCC1)NCCN1CCCN(C)CC1.I. The second-order valence-electron chi connectivity index (χ2n) is 8.36. The van der Waals surface area contributed by atoms with Gasteiger partial charge in [0, 0.05) is 45.8 Å². The zero-order chi connectivity index (χ0) is 21.9. The number of hydrogen-bond donors (Lipinski definition) is 2. The van der Waals surface area contributed by atoms with E-state index in [0.717, 1.165) is 77.1 Å². The molecule has 0 amide bonds. The average molecular weight is 563 g/mol. The van der Waals surface area contributed by atoms with Gasteiger partial charge in [-0.3, -0.25) is 9.89 Å². The van der Waals surface area contributed by atoms with Crippen molar-refractivity contribution < 1.29 is 9.13 Å². The van der Waals surface area contributed by atoms with Gasteiger partial charge in [-0.05, 0) is 51.2 Å². The Kier molecular flexibility index (Phi) is 12.8. The Labute approximate surface area is 209 Å². The lowest BCUT2D eigenvalue weighted by Crippen LogP contribution is -2.43. The second kappa shape index (κ2) is 15.0. The van der Waals surface area contributed by atoms with Crippen molar-refractivity contribution in [2.24, 2.45) is 4.99 Å². The molecule has 0 radical (unpaired) electrons. The molecule has 32 heavy (non-hydrogen) atoms. The van der Waals surface area contributed by atoms with Crippen molar-refractivity contribution in [1.82, 2.24) is 25.3 Å². The predicted octanol–water partition coefficient (Wildman–Crippen LogP) is 2.01. The van der Waals surface area contributed by atoms with Gasteiger partial charge in [-0.2, -0.15) is 0 Å². The van der Waals surface area contributed by atoms with Gasteiger partial charge in [0.2, 0.25) is 0 Å². The molecule has 2 heterocycles. The summed E-state index contributed by atoms with van der Waals surface area (Å²) >= 11 is 0. The van der Waals surface area contributed by atoms with Gasteiger partial charge in [0.15, 0.2) is 5.96 Å². The maximum atomic E-state index is 13.5. The smallest absolute Gasteiger partial charge is 0.191 e. The third kappa shape index (κ3) is 9.09. The largest absolute Gasteiger partial charge is 0.379 e. The Hall–Kier alpha value is -1.01. The van der Waals surface area contributed by atoms with E-state index in [4.69, 9.17) is 9.73 Å². The van der Waals surface area contributed by atoms with Crippen LogP contribution in [0.5, 0.6) is 0 Å². The Morgan fingerprint density at radius 3 is 2.53 bits per heavy atom. The standard InChI is InChI=1S/C23H39FN6O.HI/c1-3-25-23(26-9-12-29-11-4-10-28(2)13-14-29)27-19-22(30-15-17-31-18-16-30)20-5-7-21(24)8-6-20;/h5-8,22H,3-4,9-19H2,1-2H3,(H2,25,26,27);1H. The number of ether oxygens (including phenoxy) is 1. The number of aliphatic imine (C=N–C) groups is 1. The average Bonchev–Trinajstić information content (AvgIpc) is 3.00. The van der Waals surface area contributed by atoms with E-state index < -0.39 is 0 Å². The molecule has 0 bridgehead atoms. The fourth-order valence-electron chi connectivity index (χ4n) is 4.18. The lowest BCUT2D eigenvalue weighted by Gasteiger charge is -2.34. The molecule has 0 saturated carbocycles. The van der Waals surface area contributed by atoms with Crippen molar-refractivity contribution in [3.63, 3.8) is 0 Å². The van der Waals surface area contributed by atoms with Gasteiger partial charge >= 0.3 is 0 Å². The van der Waals surface area contributed by atoms with Crippen LogP contribution < -0.4 is 10.6 Å². The van der Waals surface area contributed by atoms with Gasteiger partial charge in [0.05, 0.1) is 25.8 Å². The summed E-state index contributed by atoms with van der Waals surface area (Å²) in [5, 5.41) is 6.87. The van der Waals surface area contributed by atoms with Crippen LogP contribution in [0.1, 0.15) is 24.9 Å². The van der Waals surface area contributed by atoms with Crippen LogP contribution in [0.25, 0.3) is 0 Å². The Morgan fingerprint density at radius 2 is 1.81 bits per heavy atom. The minimum Gasteiger partial charge on any atom is -0.379 e. The monoisotopic (exact) mass is 562 g/mol. The second-order valence-corrected chi connectivity index (χ2v) is 8.36. The van der Waals surface area contributed by atoms with Gasteiger partial charge in [-0.1, -0.05) is 12.1 Å². The molecule has 0 aliphatic carbocycles. The normalized spacial score (nSPS) is 20.3. The highest BCUT2D eigenvalue weighted by molar-refractivity contribution is 14.0. The lowest BCUT2D eigenvalue weighted by molar-refractivity contribution is 0.0179. The van der Waals surface area contributed by atoms with Crippen molar-refractivity contribution in [2.75, 3.05) is 85.7 Å². The van der Waals surface area contributed by atoms with Crippen LogP contribution in [0.2, 0.25) is 0 Å². The molecule has 2 N–H and O–H groups in total. The number of hydrogen-bond acceptors (Lipinski definition) is 5. The fourth-order valence-corrected chi connectivity index (χ4v) is 4.18. The summed E-state index contributed by atoms with van der Waals surface area (Å²) in [5.74, 6) is 0.637. The zero-order valence-electron chi connectivity index (χ0n) is 19.6. The predicted molar refractivity (Wildman–Crippen MR) is 139 cm³/mol. The van der Waals surface area contributed by atoms with Crippen molar-refractivity contribution in [2.45, 2.75) is 19.4 Å². The topological polar surface area (TPSA) is 55.4 Å². The van der Waals surface area contributed by atoms with Crippen LogP contribution in [0.3, 0.4) is 0 Å². The number of nitrogens with one attached hydrogen (secondary N) is 2. The summed E-state index contributed by atoms with van der Waals surface area (Å²) in [7, 11) is 2.20. The van der Waals surface area contributed by atoms with Crippen molar-refractivity contribution in [3.05, 3.63) is 35.6 Å². The first-order chi connectivity index (χ1) is 15.2. The van der Waals surface area contributed by atoms with E-state index in [1.807, 2.05) is 12.1 Å². The molecule has 1 atom stereocenters. The Bertz CT molecular complexity index is 671. The molecule has 1 aromatic carbocycles. The van der Waals surface area contributed by atoms with Crippen LogP contribution >= 0.6 is 24.0 Å². The first kappa shape index (κ1) is 27.2. The van der Waals surface area contributed by atoms with Crippen molar-refractivity contribution in [1.29, 1.82) is 0 Å². The van der Waals surface area contributed by atoms with E-state index in [2.05, 4.69) is 39.3 Å². The minimum atomic E-state index is -0.206. The van der Waals surface area contributed by atoms with Crippen molar-refractivity contribution >= 4 is 29.9 Å². The van der Waals surface area contributed by atoms with E-state index >= 15 is 0 Å². The fraction of sp³-hybridized carbons (Fsp3) is 0.696. The summed E-state index contributed by atoms with van der Waals surface area (Å²) in [6, 6.07) is 6.94. The third-order valence-electron chi connectivity index (χ3n) is 6.04. The molecule has 1 unspecified atom stereocenters. The van der Waals surface area contributed by atoms with Gasteiger partial charge in [-0.15, -0.1) is 24.0 Å². The molecule has 0 aromatic heterocycles. The highest BCUT2D eigenvalue weighted by atomic mass is 127. The first-order valence-corrected chi connectivity index (χ1v) is 11.7. The van der Waals surface area contributed by atoms with E-state index in [1.165, 1.54) is 25.1 Å². The minimum absolute atomic E-state index is 0. The van der Waals surface area contributed by atoms with E-state index in [-0.39, 0.29) is 35.8 Å². The number of guanidine groups is 1. The first-order valence-electron chi connectivity index (χ1n) is 11.7. The summed E-state index contributed by atoms with van der Waals surface area (Å²) in [4.78, 5) is 12.2. The molecule has 2 saturated heterocycles. The van der Waals surface area contributed by atoms with Gasteiger partial charge in [-0.25, -0.2) is 4.39 Å². The number of benzene rings is 1. The maximum absolute atomic E-state index is 13.5. The molecule has 2 aliphatic rings. The summed E-state index contributed by atoms with van der Waals surface area (Å²) in [6.45, 7) is 13.2. The highest BCUT2D eigenvalue weighted by Crippen LogP contribution is 2.22. The number of halogens is 2. The van der Waals surface area contributed by atoms with Crippen LogP contribution in [-0.4, -0.2) is 106 Å². The van der Waals surface area contributed by atoms with Crippen LogP contribution in [-0.2, 0) is 4.74 Å². The molecule has 1 aromatic rings. The molecule has 2 aliphatic heterocycles. The molecular formula is C23H40FIN6O. The summed E-state index contributed by atoms with van der Waals surface area (Å²) in [5.41, 5.74) is 1.09. The molecule has 182 valence electrons. The lowest BCUT2D eigenvalue weighted by atomic mass is 10.0. The Balaban J connectivity index is 0.00000363. The van der Waals surface area contributed by atoms with Gasteiger partial charge in [0.1, 0.15) is 5.82 Å². The quantitative estimate of drug-likeness (QED) is 0.288. The van der Waals surface area contributed by atoms with E-state index in [0.29, 0.717) is 6.54 Å². The highest BCUT2D eigenvalue weighted by Gasteiger charge is 2.22. The summed E-state index contributed by atoms with van der Waals surface area (Å²) in [6.07, 6.45) is 1.23. The molecule has 7 nitrogen and oxygen atoms in total. The van der Waals surface area contributed by atoms with E-state index in [9.17, 15) is 4.39 Å². The number of rotatable bonds is 8. The number of morpholine rings is 1. The van der Waals surface area contributed by atoms with Gasteiger partial charge in [0.25, 0.3) is 0 Å². The van der Waals surface area contributed by atoms with E-state index in [1.54, 1.807) is 0 Å². The number of nitrogens with zero attached hydrogens (tertiary/aromatic N) is 4. The summed E-state index contributed by atoms with van der Waals surface area (Å²) < 4.78 is 19.0. The maximum Gasteiger partial charge on any atom is 0.191 e. The molecule has 3 rings (SSSR count). The molecular weight excluding hydrogens is 522 g/mol. The third-order valence-corrected chi connectivity index (χ3v) is 6.04. The van der Waals surface area contributed by atoms with Crippen LogP contribution in [0.4, 0.5) is 4.39 Å². The van der Waals surface area contributed by atoms with Crippen LogP contribution in [0, 0.1) is 5.82 Å². The zero-order valence-corrected chi connectivity index (χ0v) is 21.9.